The lowest BCUT2D eigenvalue weighted by molar-refractivity contribution is -0.385. The van der Waals surface area contributed by atoms with E-state index in [1.165, 1.54) is 18.2 Å². The van der Waals surface area contributed by atoms with Crippen molar-refractivity contribution in [2.45, 2.75) is 13.3 Å². The number of rotatable bonds is 7. The van der Waals surface area contributed by atoms with Gasteiger partial charge in [0.2, 0.25) is 0 Å². The first-order valence-corrected chi connectivity index (χ1v) is 7.66. The molecule has 2 aromatic carbocycles. The number of nitro benzene ring substituents is 1. The number of ether oxygens (including phenoxy) is 1. The van der Waals surface area contributed by atoms with Crippen LogP contribution >= 0.6 is 0 Å². The first-order chi connectivity index (χ1) is 11.9. The molecule has 0 aliphatic heterocycles. The molecule has 0 fully saturated rings. The van der Waals surface area contributed by atoms with Crippen LogP contribution in [0.5, 0.6) is 0 Å². The molecule has 6 nitrogen and oxygen atoms in total. The van der Waals surface area contributed by atoms with Crippen molar-refractivity contribution in [3.05, 3.63) is 87.5 Å². The number of esters is 1. The van der Waals surface area contributed by atoms with Gasteiger partial charge in [0, 0.05) is 34.8 Å². The van der Waals surface area contributed by atoms with Gasteiger partial charge in [0.25, 0.3) is 5.69 Å². The largest absolute Gasteiger partial charge is 0.463 e. The predicted octanol–water partition coefficient (Wildman–Crippen LogP) is 3.49. The summed E-state index contributed by atoms with van der Waals surface area (Å²) in [6.45, 7) is 5.47. The standard InChI is InChI=1S/C19H17NO5/c1-3-25-19(22)13(2)11-15-9-10-16(12-17(15)20(23)24)18(21)14-7-5-4-6-8-14/h4-10,12H,2-3,11H2,1H3. The maximum atomic E-state index is 12.4. The molecule has 0 spiro atoms. The molecule has 0 heterocycles. The van der Waals surface area contributed by atoms with Gasteiger partial charge in [-0.1, -0.05) is 49.0 Å². The Bertz CT molecular complexity index is 827. The van der Waals surface area contributed by atoms with Crippen molar-refractivity contribution in [2.24, 2.45) is 0 Å². The second-order valence-corrected chi connectivity index (χ2v) is 5.30. The third-order valence-corrected chi connectivity index (χ3v) is 3.55. The van der Waals surface area contributed by atoms with Gasteiger partial charge in [-0.25, -0.2) is 4.79 Å². The summed E-state index contributed by atoms with van der Waals surface area (Å²) in [7, 11) is 0. The summed E-state index contributed by atoms with van der Waals surface area (Å²) in [5.74, 6) is -0.902. The monoisotopic (exact) mass is 339 g/mol. The van der Waals surface area contributed by atoms with Crippen LogP contribution in [0.4, 0.5) is 5.69 Å². The van der Waals surface area contributed by atoms with Crippen molar-refractivity contribution in [3.8, 4) is 0 Å². The Morgan fingerprint density at radius 3 is 2.40 bits per heavy atom. The second-order valence-electron chi connectivity index (χ2n) is 5.30. The Hall–Kier alpha value is -3.28. The van der Waals surface area contributed by atoms with Gasteiger partial charge in [-0.2, -0.15) is 0 Å². The summed E-state index contributed by atoms with van der Waals surface area (Å²) < 4.78 is 4.83. The van der Waals surface area contributed by atoms with Gasteiger partial charge in [0.1, 0.15) is 0 Å². The molecule has 0 aliphatic rings. The van der Waals surface area contributed by atoms with E-state index in [1.54, 1.807) is 37.3 Å². The minimum absolute atomic E-state index is 0.0189. The topological polar surface area (TPSA) is 86.5 Å². The first-order valence-electron chi connectivity index (χ1n) is 7.66. The van der Waals surface area contributed by atoms with Gasteiger partial charge in [-0.05, 0) is 6.92 Å². The molecule has 0 saturated carbocycles. The first kappa shape index (κ1) is 18.1. The summed E-state index contributed by atoms with van der Waals surface area (Å²) >= 11 is 0. The number of carbonyl (C=O) groups excluding carboxylic acids is 2. The summed E-state index contributed by atoms with van der Waals surface area (Å²) in [6.07, 6.45) is -0.0189. The lowest BCUT2D eigenvalue weighted by Crippen LogP contribution is -2.10. The Labute approximate surface area is 144 Å². The van der Waals surface area contributed by atoms with E-state index in [-0.39, 0.29) is 35.6 Å². The predicted molar refractivity (Wildman–Crippen MR) is 92.4 cm³/mol. The molecule has 0 aromatic heterocycles. The number of hydrogen-bond donors (Lipinski definition) is 0. The fourth-order valence-corrected chi connectivity index (χ4v) is 2.32. The van der Waals surface area contributed by atoms with Gasteiger partial charge >= 0.3 is 5.97 Å². The van der Waals surface area contributed by atoms with Crippen LogP contribution in [0.1, 0.15) is 28.4 Å². The van der Waals surface area contributed by atoms with Gasteiger partial charge in [-0.15, -0.1) is 0 Å². The fraction of sp³-hybridized carbons (Fsp3) is 0.158. The van der Waals surface area contributed by atoms with Gasteiger partial charge in [0.15, 0.2) is 5.78 Å². The average Bonchev–Trinajstić information content (AvgIpc) is 2.62. The van der Waals surface area contributed by atoms with Crippen LogP contribution < -0.4 is 0 Å². The summed E-state index contributed by atoms with van der Waals surface area (Å²) in [4.78, 5) is 34.9. The number of nitro groups is 1. The highest BCUT2D eigenvalue weighted by Crippen LogP contribution is 2.24. The minimum Gasteiger partial charge on any atom is -0.463 e. The molecule has 0 radical (unpaired) electrons. The molecule has 0 atom stereocenters. The maximum absolute atomic E-state index is 12.4. The molecule has 0 aliphatic carbocycles. The van der Waals surface area contributed by atoms with Gasteiger partial charge in [0.05, 0.1) is 11.5 Å². The van der Waals surface area contributed by atoms with Crippen LogP contribution in [0.15, 0.2) is 60.7 Å². The molecule has 128 valence electrons. The molecule has 0 N–H and O–H groups in total. The SMILES string of the molecule is C=C(Cc1ccc(C(=O)c2ccccc2)cc1[N+](=O)[O-])C(=O)OCC. The lowest BCUT2D eigenvalue weighted by Gasteiger charge is -2.08. The highest BCUT2D eigenvalue weighted by Gasteiger charge is 2.20. The van der Waals surface area contributed by atoms with E-state index in [2.05, 4.69) is 6.58 Å². The minimum atomic E-state index is -0.596. The van der Waals surface area contributed by atoms with E-state index < -0.39 is 10.9 Å². The lowest BCUT2D eigenvalue weighted by atomic mass is 9.98. The summed E-state index contributed by atoms with van der Waals surface area (Å²) in [5, 5.41) is 11.4. The summed E-state index contributed by atoms with van der Waals surface area (Å²) in [6, 6.07) is 12.7. The molecule has 25 heavy (non-hydrogen) atoms. The Morgan fingerprint density at radius 2 is 1.80 bits per heavy atom. The van der Waals surface area contributed by atoms with Crippen LogP contribution in [0.25, 0.3) is 0 Å². The van der Waals surface area contributed by atoms with E-state index in [1.807, 2.05) is 0 Å². The van der Waals surface area contributed by atoms with Crippen LogP contribution in [-0.2, 0) is 16.0 Å². The average molecular weight is 339 g/mol. The maximum Gasteiger partial charge on any atom is 0.333 e. The third kappa shape index (κ3) is 4.38. The Kier molecular flexibility index (Phi) is 5.79. The molecule has 0 bridgehead atoms. The van der Waals surface area contributed by atoms with Crippen LogP contribution in [-0.4, -0.2) is 23.3 Å². The number of carbonyl (C=O) groups is 2. The van der Waals surface area contributed by atoms with E-state index in [0.29, 0.717) is 11.1 Å². The highest BCUT2D eigenvalue weighted by atomic mass is 16.6. The second kappa shape index (κ2) is 8.01. The van der Waals surface area contributed by atoms with Crippen molar-refractivity contribution < 1.29 is 19.2 Å². The molecule has 0 saturated heterocycles. The van der Waals surface area contributed by atoms with Crippen molar-refractivity contribution >= 4 is 17.4 Å². The molecule has 2 rings (SSSR count). The normalized spacial score (nSPS) is 10.1. The van der Waals surface area contributed by atoms with Crippen LogP contribution in [0.2, 0.25) is 0 Å². The zero-order valence-electron chi connectivity index (χ0n) is 13.7. The molecular weight excluding hydrogens is 322 g/mol. The Balaban J connectivity index is 2.32. The van der Waals surface area contributed by atoms with E-state index in [0.717, 1.165) is 0 Å². The number of hydrogen-bond acceptors (Lipinski definition) is 5. The zero-order valence-corrected chi connectivity index (χ0v) is 13.7. The van der Waals surface area contributed by atoms with Crippen LogP contribution in [0.3, 0.4) is 0 Å². The van der Waals surface area contributed by atoms with E-state index in [9.17, 15) is 19.7 Å². The third-order valence-electron chi connectivity index (χ3n) is 3.55. The van der Waals surface area contributed by atoms with E-state index >= 15 is 0 Å². The van der Waals surface area contributed by atoms with Crippen molar-refractivity contribution in [2.75, 3.05) is 6.61 Å². The van der Waals surface area contributed by atoms with Gasteiger partial charge < -0.3 is 4.74 Å². The fourth-order valence-electron chi connectivity index (χ4n) is 2.32. The molecule has 0 amide bonds. The highest BCUT2D eigenvalue weighted by molar-refractivity contribution is 6.09. The van der Waals surface area contributed by atoms with Crippen molar-refractivity contribution in [1.29, 1.82) is 0 Å². The van der Waals surface area contributed by atoms with Crippen LogP contribution in [0, 0.1) is 10.1 Å². The zero-order chi connectivity index (χ0) is 18.4. The molecule has 0 unspecified atom stereocenters. The quantitative estimate of drug-likeness (QED) is 0.253. The summed E-state index contributed by atoms with van der Waals surface area (Å²) in [5.41, 5.74) is 0.843. The van der Waals surface area contributed by atoms with E-state index in [4.69, 9.17) is 4.74 Å². The van der Waals surface area contributed by atoms with Crippen molar-refractivity contribution in [3.63, 3.8) is 0 Å². The number of nitrogens with zero attached hydrogens (tertiary/aromatic N) is 1. The smallest absolute Gasteiger partial charge is 0.333 e. The molecule has 6 heteroatoms. The number of ketones is 1. The van der Waals surface area contributed by atoms with Crippen molar-refractivity contribution in [1.82, 2.24) is 0 Å². The molecule has 2 aromatic rings. The van der Waals surface area contributed by atoms with Gasteiger partial charge in [-0.3, -0.25) is 14.9 Å². The Morgan fingerprint density at radius 1 is 1.12 bits per heavy atom. The number of benzene rings is 2. The molecular formula is C19H17NO5.